The van der Waals surface area contributed by atoms with E-state index in [9.17, 15) is 4.21 Å². The van der Waals surface area contributed by atoms with E-state index in [2.05, 4.69) is 54.5 Å². The number of hydrogen-bond donors (Lipinski definition) is 0. The van der Waals surface area contributed by atoms with Gasteiger partial charge in [-0.1, -0.05) is 38.5 Å². The van der Waals surface area contributed by atoms with Crippen molar-refractivity contribution in [2.75, 3.05) is 7.05 Å². The van der Waals surface area contributed by atoms with E-state index in [-0.39, 0.29) is 11.0 Å². The Balaban J connectivity index is 3.32. The summed E-state index contributed by atoms with van der Waals surface area (Å²) in [5, 5.41) is 0. The molecule has 0 saturated carbocycles. The molecule has 0 spiro atoms. The highest BCUT2D eigenvalue weighted by Crippen LogP contribution is 2.31. The fraction of sp³-hybridized carbons (Fsp3) is 0.625. The van der Waals surface area contributed by atoms with Crippen molar-refractivity contribution in [3.63, 3.8) is 0 Å². The maximum atomic E-state index is 12.8. The Morgan fingerprint density at radius 1 is 1.05 bits per heavy atom. The fourth-order valence-electron chi connectivity index (χ4n) is 1.78. The van der Waals surface area contributed by atoms with Gasteiger partial charge in [0, 0.05) is 12.6 Å². The van der Waals surface area contributed by atoms with Crippen molar-refractivity contribution in [1.82, 2.24) is 4.31 Å². The second kappa shape index (κ2) is 5.37. The van der Waals surface area contributed by atoms with E-state index in [0.29, 0.717) is 0 Å². The van der Waals surface area contributed by atoms with E-state index in [1.54, 1.807) is 0 Å². The molecule has 0 aliphatic rings. The molecule has 0 amide bonds. The van der Waals surface area contributed by atoms with Crippen molar-refractivity contribution >= 4 is 11.0 Å². The Morgan fingerprint density at radius 3 is 2.00 bits per heavy atom. The molecule has 0 bridgehead atoms. The van der Waals surface area contributed by atoms with Gasteiger partial charge in [0.2, 0.25) is 0 Å². The maximum Gasteiger partial charge on any atom is 0.128 e. The summed E-state index contributed by atoms with van der Waals surface area (Å²) in [5.41, 5.74) is 2.26. The van der Waals surface area contributed by atoms with Crippen LogP contribution in [0.2, 0.25) is 0 Å². The molecule has 1 aromatic rings. The lowest BCUT2D eigenvalue weighted by Crippen LogP contribution is -2.39. The minimum absolute atomic E-state index is 0.00423. The molecule has 0 fully saturated rings. The van der Waals surface area contributed by atoms with Gasteiger partial charge in [0.15, 0.2) is 0 Å². The molecule has 0 aliphatic carbocycles. The normalized spacial score (nSPS) is 14.8. The van der Waals surface area contributed by atoms with Gasteiger partial charge in [0.1, 0.15) is 11.0 Å². The van der Waals surface area contributed by atoms with Crippen LogP contribution in [0.25, 0.3) is 0 Å². The van der Waals surface area contributed by atoms with E-state index in [4.69, 9.17) is 0 Å². The first-order valence-electron chi connectivity index (χ1n) is 6.71. The molecule has 19 heavy (non-hydrogen) atoms. The molecule has 3 heteroatoms. The largest absolute Gasteiger partial charge is 0.237 e. The maximum absolute atomic E-state index is 12.8. The summed E-state index contributed by atoms with van der Waals surface area (Å²) >= 11 is 0. The lowest BCUT2D eigenvalue weighted by molar-refractivity contribution is 0.306. The Bertz CT molecular complexity index is 481. The minimum atomic E-state index is -1.13. The third kappa shape index (κ3) is 3.90. The summed E-state index contributed by atoms with van der Waals surface area (Å²) in [6, 6.07) is 6.21. The number of nitrogens with zero attached hydrogens (tertiary/aromatic N) is 1. The van der Waals surface area contributed by atoms with E-state index < -0.39 is 11.0 Å². The summed E-state index contributed by atoms with van der Waals surface area (Å²) in [7, 11) is 0.788. The zero-order valence-electron chi connectivity index (χ0n) is 13.5. The molecule has 108 valence electrons. The van der Waals surface area contributed by atoms with Crippen molar-refractivity contribution in [1.29, 1.82) is 0 Å². The minimum Gasteiger partial charge on any atom is -0.237 e. The topological polar surface area (TPSA) is 20.3 Å². The fourth-order valence-corrected chi connectivity index (χ4v) is 3.31. The smallest absolute Gasteiger partial charge is 0.128 e. The molecule has 0 radical (unpaired) electrons. The van der Waals surface area contributed by atoms with Gasteiger partial charge in [0.25, 0.3) is 0 Å². The van der Waals surface area contributed by atoms with Crippen molar-refractivity contribution < 1.29 is 4.21 Å². The van der Waals surface area contributed by atoms with Gasteiger partial charge < -0.3 is 0 Å². The predicted octanol–water partition coefficient (Wildman–Crippen LogP) is 4.05. The second-order valence-electron chi connectivity index (χ2n) is 7.17. The van der Waals surface area contributed by atoms with Gasteiger partial charge in [-0.2, -0.15) is 0 Å². The van der Waals surface area contributed by atoms with Crippen molar-refractivity contribution in [2.24, 2.45) is 0 Å². The zero-order chi connectivity index (χ0) is 15.0. The first kappa shape index (κ1) is 16.4. The lowest BCUT2D eigenvalue weighted by Gasteiger charge is -2.32. The highest BCUT2D eigenvalue weighted by Gasteiger charge is 2.28. The van der Waals surface area contributed by atoms with Crippen LogP contribution in [0.3, 0.4) is 0 Å². The Kier molecular flexibility index (Phi) is 4.63. The summed E-state index contributed by atoms with van der Waals surface area (Å²) < 4.78 is 14.7. The molecule has 0 saturated heterocycles. The third-order valence-electron chi connectivity index (χ3n) is 3.32. The van der Waals surface area contributed by atoms with E-state index in [1.165, 1.54) is 11.1 Å². The molecule has 1 unspecified atom stereocenters. The number of hydrogen-bond acceptors (Lipinski definition) is 1. The zero-order valence-corrected chi connectivity index (χ0v) is 14.3. The van der Waals surface area contributed by atoms with Crippen LogP contribution in [0.1, 0.15) is 52.7 Å². The first-order chi connectivity index (χ1) is 8.44. The average molecular weight is 281 g/mol. The molecule has 1 rings (SSSR count). The molecular formula is C16H27NOS. The van der Waals surface area contributed by atoms with Crippen LogP contribution in [0, 0.1) is 6.92 Å². The van der Waals surface area contributed by atoms with E-state index in [0.717, 1.165) is 4.90 Å². The van der Waals surface area contributed by atoms with Crippen LogP contribution in [-0.4, -0.2) is 21.1 Å². The first-order valence-corrected chi connectivity index (χ1v) is 7.82. The highest BCUT2D eigenvalue weighted by atomic mass is 32.2. The summed E-state index contributed by atoms with van der Waals surface area (Å²) in [6.07, 6.45) is 0. The van der Waals surface area contributed by atoms with Crippen LogP contribution < -0.4 is 0 Å². The molecular weight excluding hydrogens is 254 g/mol. The monoisotopic (exact) mass is 281 g/mol. The van der Waals surface area contributed by atoms with Crippen molar-refractivity contribution in [2.45, 2.75) is 64.3 Å². The molecule has 1 atom stereocenters. The van der Waals surface area contributed by atoms with E-state index >= 15 is 0 Å². The molecule has 0 N–H and O–H groups in total. The van der Waals surface area contributed by atoms with Crippen LogP contribution in [0.5, 0.6) is 0 Å². The Labute approximate surface area is 120 Å². The van der Waals surface area contributed by atoms with Crippen LogP contribution in [0.15, 0.2) is 23.1 Å². The standard InChI is InChI=1S/C16H27NOS/c1-12-9-10-14(13(11-12)15(2,3)4)19(18)17(8)16(5,6)7/h9-11H,1-8H3. The van der Waals surface area contributed by atoms with Crippen molar-refractivity contribution in [3.05, 3.63) is 29.3 Å². The molecule has 0 heterocycles. The summed E-state index contributed by atoms with van der Waals surface area (Å²) in [6.45, 7) is 14.8. The number of benzene rings is 1. The van der Waals surface area contributed by atoms with E-state index in [1.807, 2.05) is 23.5 Å². The lowest BCUT2D eigenvalue weighted by atomic mass is 9.86. The van der Waals surface area contributed by atoms with Gasteiger partial charge in [-0.15, -0.1) is 0 Å². The quantitative estimate of drug-likeness (QED) is 0.801. The number of rotatable bonds is 2. The Hall–Kier alpha value is -0.670. The number of aryl methyl sites for hydroxylation is 1. The third-order valence-corrected chi connectivity index (χ3v) is 5.10. The highest BCUT2D eigenvalue weighted by molar-refractivity contribution is 7.82. The molecule has 0 aromatic heterocycles. The summed E-state index contributed by atoms with van der Waals surface area (Å²) in [5.74, 6) is 0. The predicted molar refractivity (Wildman–Crippen MR) is 83.8 cm³/mol. The van der Waals surface area contributed by atoms with Crippen molar-refractivity contribution in [3.8, 4) is 0 Å². The average Bonchev–Trinajstić information content (AvgIpc) is 2.24. The Morgan fingerprint density at radius 2 is 1.58 bits per heavy atom. The van der Waals surface area contributed by atoms with Crippen LogP contribution >= 0.6 is 0 Å². The second-order valence-corrected chi connectivity index (χ2v) is 8.65. The van der Waals surface area contributed by atoms with Crippen LogP contribution in [-0.2, 0) is 16.4 Å². The van der Waals surface area contributed by atoms with Gasteiger partial charge >= 0.3 is 0 Å². The molecule has 0 aliphatic heterocycles. The van der Waals surface area contributed by atoms with Crippen LogP contribution in [0.4, 0.5) is 0 Å². The molecule has 2 nitrogen and oxygen atoms in total. The summed E-state index contributed by atoms with van der Waals surface area (Å²) in [4.78, 5) is 0.926. The van der Waals surface area contributed by atoms with Gasteiger partial charge in [-0.05, 0) is 44.7 Å². The van der Waals surface area contributed by atoms with Gasteiger partial charge in [-0.3, -0.25) is 0 Å². The van der Waals surface area contributed by atoms with Gasteiger partial charge in [-0.25, -0.2) is 8.51 Å². The SMILES string of the molecule is Cc1ccc(S(=O)N(C)C(C)(C)C)c(C(C)(C)C)c1. The molecule has 1 aromatic carbocycles. The van der Waals surface area contributed by atoms with Gasteiger partial charge in [0.05, 0.1) is 4.90 Å².